The van der Waals surface area contributed by atoms with Crippen LogP contribution in [0.2, 0.25) is 0 Å². The van der Waals surface area contributed by atoms with Crippen molar-refractivity contribution in [3.05, 3.63) is 64.1 Å². The summed E-state index contributed by atoms with van der Waals surface area (Å²) in [5.41, 5.74) is 1.61. The molecule has 1 aromatic heterocycles. The Morgan fingerprint density at radius 3 is 2.81 bits per heavy atom. The molecule has 0 aliphatic carbocycles. The summed E-state index contributed by atoms with van der Waals surface area (Å²) in [5.74, 6) is -1.61. The average molecular weight is 439 g/mol. The second kappa shape index (κ2) is 8.18. The van der Waals surface area contributed by atoms with Crippen molar-refractivity contribution >= 4 is 39.6 Å². The molecule has 1 fully saturated rings. The van der Waals surface area contributed by atoms with Crippen LogP contribution in [0.4, 0.5) is 4.39 Å². The Morgan fingerprint density at radius 2 is 2.15 bits per heavy atom. The molecule has 0 bridgehead atoms. The lowest BCUT2D eigenvalue weighted by molar-refractivity contribution is -0.140. The fraction of sp³-hybridized carbons (Fsp3) is 0.278. The first-order chi connectivity index (χ1) is 12.5. The first-order valence-electron chi connectivity index (χ1n) is 7.98. The van der Waals surface area contributed by atoms with Crippen LogP contribution in [0.5, 0.6) is 0 Å². The number of pyridine rings is 1. The van der Waals surface area contributed by atoms with Crippen molar-refractivity contribution in [2.24, 2.45) is 0 Å². The Hall–Kier alpha value is -1.93. The summed E-state index contributed by atoms with van der Waals surface area (Å²) in [6, 6.07) is 10.2. The van der Waals surface area contributed by atoms with Crippen LogP contribution < -0.4 is 0 Å². The molecule has 0 spiro atoms. The number of amides is 1. The zero-order chi connectivity index (χ0) is 18.7. The van der Waals surface area contributed by atoms with Crippen LogP contribution in [0.15, 0.2) is 47.1 Å². The van der Waals surface area contributed by atoms with E-state index in [2.05, 4.69) is 20.9 Å². The second-order valence-electron chi connectivity index (χ2n) is 5.85. The third-order valence-corrected chi connectivity index (χ3v) is 6.15. The maximum absolute atomic E-state index is 13.6. The summed E-state index contributed by atoms with van der Waals surface area (Å²) in [6.07, 6.45) is 2.02. The highest BCUT2D eigenvalue weighted by atomic mass is 79.9. The Morgan fingerprint density at radius 1 is 1.35 bits per heavy atom. The van der Waals surface area contributed by atoms with Gasteiger partial charge >= 0.3 is 5.97 Å². The van der Waals surface area contributed by atoms with Gasteiger partial charge < -0.3 is 10.0 Å². The van der Waals surface area contributed by atoms with Crippen LogP contribution in [0.25, 0.3) is 0 Å². The normalized spacial score (nSPS) is 19.8. The highest BCUT2D eigenvalue weighted by Gasteiger charge is 2.41. The highest BCUT2D eigenvalue weighted by molar-refractivity contribution is 9.10. The van der Waals surface area contributed by atoms with Crippen LogP contribution >= 0.6 is 27.7 Å². The average Bonchev–Trinajstić information content (AvgIpc) is 2.92. The molecule has 1 aromatic carbocycles. The maximum atomic E-state index is 13.6. The van der Waals surface area contributed by atoms with Crippen LogP contribution in [0, 0.1) is 5.82 Å². The van der Waals surface area contributed by atoms with Gasteiger partial charge in [0, 0.05) is 24.9 Å². The molecule has 2 unspecified atom stereocenters. The van der Waals surface area contributed by atoms with Gasteiger partial charge in [0.05, 0.1) is 16.1 Å². The van der Waals surface area contributed by atoms with E-state index in [0.717, 1.165) is 11.3 Å². The van der Waals surface area contributed by atoms with Gasteiger partial charge in [-0.2, -0.15) is 0 Å². The van der Waals surface area contributed by atoms with Crippen LogP contribution in [0.3, 0.4) is 0 Å². The molecular formula is C18H16BrFN2O3S. The molecule has 5 nitrogen and oxygen atoms in total. The highest BCUT2D eigenvalue weighted by Crippen LogP contribution is 2.44. The van der Waals surface area contributed by atoms with E-state index < -0.39 is 11.2 Å². The van der Waals surface area contributed by atoms with Crippen molar-refractivity contribution in [1.29, 1.82) is 0 Å². The van der Waals surface area contributed by atoms with Gasteiger partial charge in [-0.3, -0.25) is 14.6 Å². The first kappa shape index (κ1) is 18.8. The van der Waals surface area contributed by atoms with E-state index in [1.165, 1.54) is 17.8 Å². The van der Waals surface area contributed by atoms with E-state index in [0.29, 0.717) is 17.4 Å². The van der Waals surface area contributed by atoms with Crippen molar-refractivity contribution in [3.8, 4) is 0 Å². The molecule has 0 radical (unpaired) electrons. The van der Waals surface area contributed by atoms with Crippen molar-refractivity contribution in [2.75, 3.05) is 6.54 Å². The number of thioether (sulfide) groups is 1. The number of aromatic nitrogens is 1. The lowest BCUT2D eigenvalue weighted by Gasteiger charge is -2.24. The summed E-state index contributed by atoms with van der Waals surface area (Å²) in [6.45, 7) is 0.415. The predicted molar refractivity (Wildman–Crippen MR) is 100 cm³/mol. The predicted octanol–water partition coefficient (Wildman–Crippen LogP) is 3.64. The van der Waals surface area contributed by atoms with Gasteiger partial charge in [0.1, 0.15) is 11.2 Å². The van der Waals surface area contributed by atoms with Gasteiger partial charge in [0.25, 0.3) is 0 Å². The van der Waals surface area contributed by atoms with Crippen molar-refractivity contribution in [1.82, 2.24) is 9.88 Å². The number of rotatable bonds is 6. The number of nitrogens with zero attached hydrogens (tertiary/aromatic N) is 2. The molecule has 136 valence electrons. The monoisotopic (exact) mass is 438 g/mol. The van der Waals surface area contributed by atoms with Gasteiger partial charge in [0.2, 0.25) is 5.91 Å². The molecule has 3 rings (SSSR count). The summed E-state index contributed by atoms with van der Waals surface area (Å²) in [5, 5.41) is 8.07. The Labute approximate surface area is 162 Å². The van der Waals surface area contributed by atoms with Gasteiger partial charge in [-0.25, -0.2) is 4.39 Å². The molecule has 2 atom stereocenters. The lowest BCUT2D eigenvalue weighted by Crippen LogP contribution is -2.33. The largest absolute Gasteiger partial charge is 0.481 e. The van der Waals surface area contributed by atoms with E-state index >= 15 is 0 Å². The van der Waals surface area contributed by atoms with Crippen LogP contribution in [0.1, 0.15) is 23.1 Å². The van der Waals surface area contributed by atoms with Gasteiger partial charge in [0.15, 0.2) is 0 Å². The molecule has 26 heavy (non-hydrogen) atoms. The molecule has 0 saturated carbocycles. The number of hydrogen-bond donors (Lipinski definition) is 1. The first-order valence-corrected chi connectivity index (χ1v) is 9.72. The number of benzene rings is 1. The molecule has 1 amide bonds. The van der Waals surface area contributed by atoms with Crippen LogP contribution in [-0.2, 0) is 16.0 Å². The number of carboxylic acid groups (broad SMARTS) is 1. The maximum Gasteiger partial charge on any atom is 0.305 e. The fourth-order valence-corrected chi connectivity index (χ4v) is 4.67. The van der Waals surface area contributed by atoms with Crippen molar-refractivity contribution in [2.45, 2.75) is 23.5 Å². The van der Waals surface area contributed by atoms with Crippen molar-refractivity contribution in [3.63, 3.8) is 0 Å². The number of halogens is 2. The SMILES string of the molecule is O=C(O)CC1SC(c2ccc(F)c(Br)c2)N(CCc2ccccn2)C1=O. The molecule has 2 heterocycles. The zero-order valence-corrected chi connectivity index (χ0v) is 16.0. The van der Waals surface area contributed by atoms with Gasteiger partial charge in [-0.1, -0.05) is 12.1 Å². The van der Waals surface area contributed by atoms with Gasteiger partial charge in [-0.15, -0.1) is 11.8 Å². The zero-order valence-electron chi connectivity index (χ0n) is 13.6. The quantitative estimate of drug-likeness (QED) is 0.745. The van der Waals surface area contributed by atoms with E-state index in [4.69, 9.17) is 5.11 Å². The summed E-state index contributed by atoms with van der Waals surface area (Å²) < 4.78 is 13.9. The minimum atomic E-state index is -1.01. The van der Waals surface area contributed by atoms with Gasteiger partial charge in [-0.05, 0) is 45.8 Å². The van der Waals surface area contributed by atoms with E-state index in [1.807, 2.05) is 18.2 Å². The number of carboxylic acids is 1. The molecule has 1 aliphatic heterocycles. The molecule has 1 N–H and O–H groups in total. The number of carbonyl (C=O) groups is 2. The number of carbonyl (C=O) groups excluding carboxylic acids is 1. The van der Waals surface area contributed by atoms with E-state index in [9.17, 15) is 14.0 Å². The van der Waals surface area contributed by atoms with Crippen LogP contribution in [-0.4, -0.2) is 38.7 Å². The Balaban J connectivity index is 1.84. The number of aliphatic carboxylic acids is 1. The fourth-order valence-electron chi connectivity index (χ4n) is 2.81. The third kappa shape index (κ3) is 4.24. The minimum Gasteiger partial charge on any atom is -0.481 e. The van der Waals surface area contributed by atoms with Crippen molar-refractivity contribution < 1.29 is 19.1 Å². The van der Waals surface area contributed by atoms with E-state index in [-0.39, 0.29) is 23.5 Å². The molecule has 1 saturated heterocycles. The van der Waals surface area contributed by atoms with E-state index in [1.54, 1.807) is 23.2 Å². The Kier molecular flexibility index (Phi) is 5.93. The smallest absolute Gasteiger partial charge is 0.305 e. The third-order valence-electron chi connectivity index (χ3n) is 4.06. The standard InChI is InChI=1S/C18H16BrFN2O3S/c19-13-9-11(4-5-14(13)20)18-22(8-6-12-3-1-2-7-21-12)17(25)15(26-18)10-16(23)24/h1-5,7,9,15,18H,6,8,10H2,(H,23,24). The topological polar surface area (TPSA) is 70.5 Å². The molecular weight excluding hydrogens is 423 g/mol. The second-order valence-corrected chi connectivity index (χ2v) is 7.99. The summed E-state index contributed by atoms with van der Waals surface area (Å²) in [4.78, 5) is 29.7. The summed E-state index contributed by atoms with van der Waals surface area (Å²) in [7, 11) is 0. The minimum absolute atomic E-state index is 0.209. The number of hydrogen-bond acceptors (Lipinski definition) is 4. The molecule has 8 heteroatoms. The Bertz CT molecular complexity index is 821. The molecule has 2 aromatic rings. The summed E-state index contributed by atoms with van der Waals surface area (Å²) >= 11 is 4.46. The lowest BCUT2D eigenvalue weighted by atomic mass is 10.1. The molecule has 1 aliphatic rings.